The molecule has 122 valence electrons. The van der Waals surface area contributed by atoms with E-state index in [4.69, 9.17) is 4.74 Å². The highest BCUT2D eigenvalue weighted by atomic mass is 16.5. The summed E-state index contributed by atoms with van der Waals surface area (Å²) in [6.07, 6.45) is 7.14. The first-order chi connectivity index (χ1) is 11.2. The molecule has 1 fully saturated rings. The highest BCUT2D eigenvalue weighted by Crippen LogP contribution is 2.29. The molecule has 3 rings (SSSR count). The molecule has 6 nitrogen and oxygen atoms in total. The van der Waals surface area contributed by atoms with E-state index in [0.717, 1.165) is 37.4 Å². The molecule has 0 bridgehead atoms. The number of aryl methyl sites for hydroxylation is 2. The van der Waals surface area contributed by atoms with E-state index in [2.05, 4.69) is 15.3 Å². The topological polar surface area (TPSA) is 69.0 Å². The quantitative estimate of drug-likeness (QED) is 0.937. The Bertz CT molecular complexity index is 677. The second-order valence-electron chi connectivity index (χ2n) is 5.97. The molecular formula is C17H22N4O2. The van der Waals surface area contributed by atoms with Crippen LogP contribution in [0.25, 0.3) is 0 Å². The lowest BCUT2D eigenvalue weighted by atomic mass is 9.91. The number of nitrogens with zero attached hydrogens (tertiary/aromatic N) is 3. The molecule has 0 saturated carbocycles. The predicted molar refractivity (Wildman–Crippen MR) is 85.9 cm³/mol. The molecule has 1 unspecified atom stereocenters. The second-order valence-corrected chi connectivity index (χ2v) is 5.97. The molecule has 1 saturated heterocycles. The fourth-order valence-corrected chi connectivity index (χ4v) is 3.05. The van der Waals surface area contributed by atoms with Crippen LogP contribution in [0.2, 0.25) is 0 Å². The lowest BCUT2D eigenvalue weighted by molar-refractivity contribution is 0.0498. The van der Waals surface area contributed by atoms with Gasteiger partial charge in [0.1, 0.15) is 11.5 Å². The smallest absolute Gasteiger partial charge is 0.270 e. The van der Waals surface area contributed by atoms with Crippen molar-refractivity contribution in [2.24, 2.45) is 13.0 Å². The number of aromatic nitrogens is 3. The largest absolute Gasteiger partial charge is 0.381 e. The van der Waals surface area contributed by atoms with E-state index in [1.807, 2.05) is 36.9 Å². The summed E-state index contributed by atoms with van der Waals surface area (Å²) in [5.74, 6) is 1.04. The van der Waals surface area contributed by atoms with Crippen LogP contribution in [0.3, 0.4) is 0 Å². The van der Waals surface area contributed by atoms with Gasteiger partial charge in [-0.05, 0) is 37.3 Å². The molecule has 1 aliphatic heterocycles. The SMILES string of the molecule is Cc1cccnc1C(=O)NC(c1nccn1C)C1CCOCC1. The van der Waals surface area contributed by atoms with E-state index >= 15 is 0 Å². The van der Waals surface area contributed by atoms with Crippen molar-refractivity contribution in [3.8, 4) is 0 Å². The van der Waals surface area contributed by atoms with Crippen LogP contribution in [0, 0.1) is 12.8 Å². The van der Waals surface area contributed by atoms with E-state index in [0.29, 0.717) is 11.6 Å². The highest BCUT2D eigenvalue weighted by Gasteiger charge is 2.30. The van der Waals surface area contributed by atoms with Crippen molar-refractivity contribution in [3.05, 3.63) is 47.8 Å². The molecule has 2 aromatic heterocycles. The number of imidazole rings is 1. The Labute approximate surface area is 135 Å². The van der Waals surface area contributed by atoms with Crippen molar-refractivity contribution in [1.29, 1.82) is 0 Å². The normalized spacial score (nSPS) is 17.0. The van der Waals surface area contributed by atoms with Crippen LogP contribution >= 0.6 is 0 Å². The maximum absolute atomic E-state index is 12.7. The van der Waals surface area contributed by atoms with Crippen molar-refractivity contribution in [2.45, 2.75) is 25.8 Å². The number of carbonyl (C=O) groups is 1. The maximum atomic E-state index is 12.7. The lowest BCUT2D eigenvalue weighted by Gasteiger charge is -2.30. The number of nitrogens with one attached hydrogen (secondary N) is 1. The first-order valence-corrected chi connectivity index (χ1v) is 7.94. The van der Waals surface area contributed by atoms with Gasteiger partial charge in [0.15, 0.2) is 0 Å². The van der Waals surface area contributed by atoms with Crippen LogP contribution in [0.5, 0.6) is 0 Å². The molecule has 1 aliphatic rings. The van der Waals surface area contributed by atoms with Crippen molar-refractivity contribution in [1.82, 2.24) is 19.9 Å². The van der Waals surface area contributed by atoms with Crippen LogP contribution in [0.4, 0.5) is 0 Å². The standard InChI is InChI=1S/C17H22N4O2/c1-12-4-3-7-18-14(12)17(22)20-15(13-5-10-23-11-6-13)16-19-8-9-21(16)2/h3-4,7-9,13,15H,5-6,10-11H2,1-2H3,(H,20,22). The summed E-state index contributed by atoms with van der Waals surface area (Å²) in [6.45, 7) is 3.35. The van der Waals surface area contributed by atoms with Gasteiger partial charge in [-0.1, -0.05) is 6.07 Å². The number of ether oxygens (including phenoxy) is 1. The molecule has 0 aliphatic carbocycles. The summed E-state index contributed by atoms with van der Waals surface area (Å²) in [7, 11) is 1.95. The lowest BCUT2D eigenvalue weighted by Crippen LogP contribution is -2.38. The molecule has 1 amide bonds. The first-order valence-electron chi connectivity index (χ1n) is 7.94. The van der Waals surface area contributed by atoms with E-state index in [9.17, 15) is 4.79 Å². The number of pyridine rings is 1. The van der Waals surface area contributed by atoms with Crippen molar-refractivity contribution < 1.29 is 9.53 Å². The van der Waals surface area contributed by atoms with Gasteiger partial charge >= 0.3 is 0 Å². The number of rotatable bonds is 4. The summed E-state index contributed by atoms with van der Waals surface area (Å²) >= 11 is 0. The zero-order valence-corrected chi connectivity index (χ0v) is 13.5. The summed E-state index contributed by atoms with van der Waals surface area (Å²) < 4.78 is 7.42. The molecule has 0 radical (unpaired) electrons. The van der Waals surface area contributed by atoms with Gasteiger partial charge in [-0.3, -0.25) is 9.78 Å². The van der Waals surface area contributed by atoms with Crippen molar-refractivity contribution >= 4 is 5.91 Å². The Kier molecular flexibility index (Phi) is 4.71. The van der Waals surface area contributed by atoms with Crippen molar-refractivity contribution in [3.63, 3.8) is 0 Å². The van der Waals surface area contributed by atoms with Gasteiger partial charge in [0.05, 0.1) is 6.04 Å². The van der Waals surface area contributed by atoms with Crippen LogP contribution in [0.15, 0.2) is 30.7 Å². The van der Waals surface area contributed by atoms with Gasteiger partial charge in [-0.25, -0.2) is 4.98 Å². The van der Waals surface area contributed by atoms with Gasteiger partial charge in [-0.2, -0.15) is 0 Å². The molecule has 6 heteroatoms. The molecule has 1 N–H and O–H groups in total. The Hall–Kier alpha value is -2.21. The Morgan fingerprint density at radius 1 is 1.35 bits per heavy atom. The summed E-state index contributed by atoms with van der Waals surface area (Å²) in [5.41, 5.74) is 1.34. The third-order valence-electron chi connectivity index (χ3n) is 4.39. The van der Waals surface area contributed by atoms with E-state index < -0.39 is 0 Å². The predicted octanol–water partition coefficient (Wildman–Crippen LogP) is 2.02. The number of amides is 1. The molecule has 0 aromatic carbocycles. The van der Waals surface area contributed by atoms with Crippen LogP contribution in [0.1, 0.15) is 40.8 Å². The molecular weight excluding hydrogens is 292 g/mol. The fraction of sp³-hybridized carbons (Fsp3) is 0.471. The zero-order valence-electron chi connectivity index (χ0n) is 13.5. The van der Waals surface area contributed by atoms with E-state index in [1.165, 1.54) is 0 Å². The van der Waals surface area contributed by atoms with E-state index in [1.54, 1.807) is 12.4 Å². The molecule has 2 aromatic rings. The van der Waals surface area contributed by atoms with Gasteiger partial charge in [0.2, 0.25) is 0 Å². The minimum atomic E-state index is -0.150. The second kappa shape index (κ2) is 6.91. The molecule has 1 atom stereocenters. The summed E-state index contributed by atoms with van der Waals surface area (Å²) in [6, 6.07) is 3.60. The minimum absolute atomic E-state index is 0.132. The average molecular weight is 314 g/mol. The molecule has 3 heterocycles. The van der Waals surface area contributed by atoms with Gasteiger partial charge in [-0.15, -0.1) is 0 Å². The number of hydrogen-bond donors (Lipinski definition) is 1. The first kappa shape index (κ1) is 15.7. The third kappa shape index (κ3) is 3.42. The Morgan fingerprint density at radius 2 is 2.13 bits per heavy atom. The van der Waals surface area contributed by atoms with Gasteiger partial charge in [0.25, 0.3) is 5.91 Å². The van der Waals surface area contributed by atoms with Crippen LogP contribution in [-0.4, -0.2) is 33.7 Å². The monoisotopic (exact) mass is 314 g/mol. The summed E-state index contributed by atoms with van der Waals surface area (Å²) in [5, 5.41) is 3.15. The highest BCUT2D eigenvalue weighted by molar-refractivity contribution is 5.93. The number of hydrogen-bond acceptors (Lipinski definition) is 4. The van der Waals surface area contributed by atoms with E-state index in [-0.39, 0.29) is 11.9 Å². The van der Waals surface area contributed by atoms with Crippen molar-refractivity contribution in [2.75, 3.05) is 13.2 Å². The van der Waals surface area contributed by atoms with Gasteiger partial charge < -0.3 is 14.6 Å². The third-order valence-corrected chi connectivity index (χ3v) is 4.39. The average Bonchev–Trinajstić information content (AvgIpc) is 2.99. The Morgan fingerprint density at radius 3 is 2.78 bits per heavy atom. The fourth-order valence-electron chi connectivity index (χ4n) is 3.05. The molecule has 23 heavy (non-hydrogen) atoms. The zero-order chi connectivity index (χ0) is 16.2. The van der Waals surface area contributed by atoms with Crippen LogP contribution in [-0.2, 0) is 11.8 Å². The summed E-state index contributed by atoms with van der Waals surface area (Å²) in [4.78, 5) is 21.3. The number of carbonyl (C=O) groups excluding carboxylic acids is 1. The Balaban J connectivity index is 1.85. The van der Waals surface area contributed by atoms with Crippen LogP contribution < -0.4 is 5.32 Å². The minimum Gasteiger partial charge on any atom is -0.381 e. The molecule has 0 spiro atoms. The van der Waals surface area contributed by atoms with Gasteiger partial charge in [0, 0.05) is 38.9 Å². The maximum Gasteiger partial charge on any atom is 0.270 e.